The van der Waals surface area contributed by atoms with Crippen molar-refractivity contribution < 1.29 is 22.8 Å². The van der Waals surface area contributed by atoms with Gasteiger partial charge in [0.15, 0.2) is 0 Å². The minimum atomic E-state index is -5.10. The molecule has 0 saturated heterocycles. The summed E-state index contributed by atoms with van der Waals surface area (Å²) in [4.78, 5) is 24.0. The standard InChI is InChI=1S/C16H20F3N3O2/c1-10-12(9-20)15(14(24)21-10,16(17,18)19)22-13(23)8-7-11-5-3-2-4-6-11/h11H,2-8H2,1H3,(H,21,24)(H,22,23)/t15-/m1/s1. The molecule has 0 aromatic heterocycles. The van der Waals surface area contributed by atoms with Crippen molar-refractivity contribution in [2.45, 2.75) is 63.6 Å². The summed E-state index contributed by atoms with van der Waals surface area (Å²) < 4.78 is 40.7. The molecule has 1 fully saturated rings. The lowest BCUT2D eigenvalue weighted by Crippen LogP contribution is -2.64. The molecule has 24 heavy (non-hydrogen) atoms. The number of carbonyl (C=O) groups excluding carboxylic acids is 2. The van der Waals surface area contributed by atoms with E-state index in [2.05, 4.69) is 0 Å². The smallest absolute Gasteiger partial charge is 0.330 e. The fraction of sp³-hybridized carbons (Fsp3) is 0.688. The Labute approximate surface area is 138 Å². The Bertz CT molecular complexity index is 601. The number of amides is 2. The minimum absolute atomic E-state index is 0.0897. The van der Waals surface area contributed by atoms with E-state index < -0.39 is 29.1 Å². The van der Waals surface area contributed by atoms with Crippen molar-refractivity contribution in [2.24, 2.45) is 5.92 Å². The first kappa shape index (κ1) is 18.3. The molecule has 1 atom stereocenters. The molecule has 1 aliphatic heterocycles. The molecule has 1 aliphatic carbocycles. The molecule has 0 spiro atoms. The number of carbonyl (C=O) groups is 2. The van der Waals surface area contributed by atoms with E-state index in [0.29, 0.717) is 12.3 Å². The summed E-state index contributed by atoms with van der Waals surface area (Å²) >= 11 is 0. The highest BCUT2D eigenvalue weighted by Crippen LogP contribution is 2.40. The zero-order chi connectivity index (χ0) is 18.0. The van der Waals surface area contributed by atoms with Gasteiger partial charge in [-0.15, -0.1) is 0 Å². The second-order valence-corrected chi connectivity index (χ2v) is 6.40. The highest BCUT2D eigenvalue weighted by atomic mass is 19.4. The van der Waals surface area contributed by atoms with Crippen molar-refractivity contribution in [1.29, 1.82) is 5.26 Å². The first-order valence-corrected chi connectivity index (χ1v) is 8.03. The molecule has 0 aromatic carbocycles. The molecule has 1 heterocycles. The van der Waals surface area contributed by atoms with E-state index in [0.717, 1.165) is 32.1 Å². The number of hydrogen-bond donors (Lipinski definition) is 2. The van der Waals surface area contributed by atoms with Crippen molar-refractivity contribution in [3.05, 3.63) is 11.3 Å². The minimum Gasteiger partial charge on any atom is -0.330 e. The first-order chi connectivity index (χ1) is 11.2. The summed E-state index contributed by atoms with van der Waals surface area (Å²) in [7, 11) is 0. The molecule has 2 amide bonds. The number of hydrogen-bond acceptors (Lipinski definition) is 3. The summed E-state index contributed by atoms with van der Waals surface area (Å²) in [6.45, 7) is 1.21. The van der Waals surface area contributed by atoms with Gasteiger partial charge in [0, 0.05) is 12.1 Å². The maximum Gasteiger partial charge on any atom is 0.425 e. The third kappa shape index (κ3) is 3.25. The van der Waals surface area contributed by atoms with Crippen LogP contribution in [0.15, 0.2) is 11.3 Å². The van der Waals surface area contributed by atoms with Crippen LogP contribution in [0.5, 0.6) is 0 Å². The van der Waals surface area contributed by atoms with Crippen molar-refractivity contribution in [3.63, 3.8) is 0 Å². The van der Waals surface area contributed by atoms with Gasteiger partial charge in [0.1, 0.15) is 0 Å². The lowest BCUT2D eigenvalue weighted by atomic mass is 9.85. The summed E-state index contributed by atoms with van der Waals surface area (Å²) in [6, 6.07) is 1.41. The Morgan fingerprint density at radius 3 is 2.54 bits per heavy atom. The molecule has 2 N–H and O–H groups in total. The van der Waals surface area contributed by atoms with Gasteiger partial charge in [0.05, 0.1) is 11.6 Å². The first-order valence-electron chi connectivity index (χ1n) is 8.03. The maximum absolute atomic E-state index is 13.6. The molecule has 1 saturated carbocycles. The second-order valence-electron chi connectivity index (χ2n) is 6.40. The molecular formula is C16H20F3N3O2. The zero-order valence-corrected chi connectivity index (χ0v) is 13.4. The van der Waals surface area contributed by atoms with E-state index in [1.807, 2.05) is 5.32 Å². The Hall–Kier alpha value is -2.04. The predicted octanol–water partition coefficient (Wildman–Crippen LogP) is 2.69. The number of rotatable bonds is 4. The van der Waals surface area contributed by atoms with Gasteiger partial charge in [-0.3, -0.25) is 9.59 Å². The van der Waals surface area contributed by atoms with Crippen LogP contribution in [-0.4, -0.2) is 23.5 Å². The highest BCUT2D eigenvalue weighted by Gasteiger charge is 2.67. The molecular weight excluding hydrogens is 323 g/mol. The van der Waals surface area contributed by atoms with E-state index in [4.69, 9.17) is 5.26 Å². The highest BCUT2D eigenvalue weighted by molar-refractivity contribution is 6.00. The molecule has 0 bridgehead atoms. The topological polar surface area (TPSA) is 82.0 Å². The van der Waals surface area contributed by atoms with E-state index in [1.165, 1.54) is 13.0 Å². The number of nitrogens with zero attached hydrogens (tertiary/aromatic N) is 1. The number of halogens is 3. The van der Waals surface area contributed by atoms with Gasteiger partial charge >= 0.3 is 6.18 Å². The van der Waals surface area contributed by atoms with Gasteiger partial charge in [0.25, 0.3) is 11.4 Å². The number of alkyl halides is 3. The fourth-order valence-electron chi connectivity index (χ4n) is 3.43. The van der Waals surface area contributed by atoms with Crippen LogP contribution < -0.4 is 10.6 Å². The van der Waals surface area contributed by atoms with Crippen molar-refractivity contribution in [1.82, 2.24) is 10.6 Å². The Morgan fingerprint density at radius 1 is 1.38 bits per heavy atom. The number of nitriles is 1. The molecule has 2 aliphatic rings. The lowest BCUT2D eigenvalue weighted by Gasteiger charge is -2.30. The molecule has 8 heteroatoms. The van der Waals surface area contributed by atoms with Crippen LogP contribution in [0.1, 0.15) is 51.9 Å². The molecule has 0 unspecified atom stereocenters. The van der Waals surface area contributed by atoms with Gasteiger partial charge in [-0.05, 0) is 19.3 Å². The molecule has 132 valence electrons. The van der Waals surface area contributed by atoms with Gasteiger partial charge in [-0.25, -0.2) is 0 Å². The van der Waals surface area contributed by atoms with Crippen LogP contribution in [0.2, 0.25) is 0 Å². The van der Waals surface area contributed by atoms with Crippen LogP contribution >= 0.6 is 0 Å². The molecule has 5 nitrogen and oxygen atoms in total. The summed E-state index contributed by atoms with van der Waals surface area (Å²) in [5.74, 6) is -1.97. The maximum atomic E-state index is 13.6. The van der Waals surface area contributed by atoms with Gasteiger partial charge in [0.2, 0.25) is 5.91 Å². The van der Waals surface area contributed by atoms with E-state index in [1.54, 1.807) is 5.32 Å². The summed E-state index contributed by atoms with van der Waals surface area (Å²) in [5, 5.41) is 12.9. The van der Waals surface area contributed by atoms with Gasteiger partial charge < -0.3 is 10.6 Å². The van der Waals surface area contributed by atoms with Crippen molar-refractivity contribution in [3.8, 4) is 6.07 Å². The van der Waals surface area contributed by atoms with E-state index in [9.17, 15) is 22.8 Å². The zero-order valence-electron chi connectivity index (χ0n) is 13.4. The van der Waals surface area contributed by atoms with Gasteiger partial charge in [-0.2, -0.15) is 18.4 Å². The van der Waals surface area contributed by atoms with Crippen molar-refractivity contribution >= 4 is 11.8 Å². The largest absolute Gasteiger partial charge is 0.425 e. The lowest BCUT2D eigenvalue weighted by molar-refractivity contribution is -0.189. The SMILES string of the molecule is CC1=C(C#N)[C@](NC(=O)CCC2CCCCC2)(C(F)(F)F)C(=O)N1. The predicted molar refractivity (Wildman–Crippen MR) is 79.2 cm³/mol. The van der Waals surface area contributed by atoms with Crippen LogP contribution in [0.3, 0.4) is 0 Å². The molecule has 0 aromatic rings. The normalized spacial score (nSPS) is 25.4. The Balaban J connectivity index is 2.14. The average Bonchev–Trinajstić information content (AvgIpc) is 2.76. The fourth-order valence-corrected chi connectivity index (χ4v) is 3.43. The van der Waals surface area contributed by atoms with Crippen LogP contribution in [-0.2, 0) is 9.59 Å². The molecule has 0 radical (unpaired) electrons. The van der Waals surface area contributed by atoms with Crippen LogP contribution in [0.25, 0.3) is 0 Å². The number of allylic oxidation sites excluding steroid dienone is 1. The monoisotopic (exact) mass is 343 g/mol. The van der Waals surface area contributed by atoms with E-state index in [-0.39, 0.29) is 12.1 Å². The Morgan fingerprint density at radius 2 is 2.00 bits per heavy atom. The van der Waals surface area contributed by atoms with Crippen LogP contribution in [0, 0.1) is 17.2 Å². The summed E-state index contributed by atoms with van der Waals surface area (Å²) in [5.41, 5.74) is -4.27. The van der Waals surface area contributed by atoms with E-state index >= 15 is 0 Å². The third-order valence-electron chi connectivity index (χ3n) is 4.76. The van der Waals surface area contributed by atoms with Crippen molar-refractivity contribution in [2.75, 3.05) is 0 Å². The third-order valence-corrected chi connectivity index (χ3v) is 4.76. The van der Waals surface area contributed by atoms with Crippen LogP contribution in [0.4, 0.5) is 13.2 Å². The second kappa shape index (κ2) is 6.83. The average molecular weight is 343 g/mol. The number of nitrogens with one attached hydrogen (secondary N) is 2. The molecule has 2 rings (SSSR count). The quantitative estimate of drug-likeness (QED) is 0.823. The Kier molecular flexibility index (Phi) is 5.21. The van der Waals surface area contributed by atoms with Gasteiger partial charge in [-0.1, -0.05) is 32.1 Å². The summed E-state index contributed by atoms with van der Waals surface area (Å²) in [6.07, 6.45) is 0.542.